The summed E-state index contributed by atoms with van der Waals surface area (Å²) in [5, 5.41) is 11.7. The van der Waals surface area contributed by atoms with Gasteiger partial charge in [0.05, 0.1) is 0 Å². The van der Waals surface area contributed by atoms with Crippen molar-refractivity contribution in [2.75, 3.05) is 0 Å². The van der Waals surface area contributed by atoms with Crippen molar-refractivity contribution < 1.29 is 4.42 Å². The van der Waals surface area contributed by atoms with E-state index in [0.29, 0.717) is 17.5 Å². The first-order valence-electron chi connectivity index (χ1n) is 17.9. The number of aromatic nitrogens is 3. The summed E-state index contributed by atoms with van der Waals surface area (Å²) in [6.45, 7) is 0. The average molecular weight is 676 g/mol. The lowest BCUT2D eigenvalue weighted by Gasteiger charge is -2.16. The molecule has 246 valence electrons. The highest BCUT2D eigenvalue weighted by molar-refractivity contribution is 6.18. The highest BCUT2D eigenvalue weighted by Gasteiger charge is 2.20. The summed E-state index contributed by atoms with van der Waals surface area (Å²) in [4.78, 5) is 15.6. The van der Waals surface area contributed by atoms with Crippen LogP contribution in [0.15, 0.2) is 180 Å². The summed E-state index contributed by atoms with van der Waals surface area (Å²) in [6.07, 6.45) is 0. The fraction of sp³-hybridized carbons (Fsp3) is 0. The molecule has 0 saturated heterocycles. The molecule has 0 unspecified atom stereocenters. The fourth-order valence-electron chi connectivity index (χ4n) is 7.94. The quantitative estimate of drug-likeness (QED) is 0.174. The molecule has 0 atom stereocenters. The maximum absolute atomic E-state index is 6.17. The Bertz CT molecular complexity index is 3240. The van der Waals surface area contributed by atoms with E-state index in [4.69, 9.17) is 19.4 Å². The van der Waals surface area contributed by atoms with Gasteiger partial charge in [0.25, 0.3) is 0 Å². The van der Waals surface area contributed by atoms with Crippen LogP contribution in [0.2, 0.25) is 0 Å². The van der Waals surface area contributed by atoms with Crippen LogP contribution in [0.3, 0.4) is 0 Å². The molecular formula is C49H29N3O. The number of para-hydroxylation sites is 1. The molecule has 0 bridgehead atoms. The third-order valence-electron chi connectivity index (χ3n) is 10.5. The number of benzene rings is 9. The lowest BCUT2D eigenvalue weighted by atomic mass is 9.90. The number of rotatable bonds is 4. The fourth-order valence-corrected chi connectivity index (χ4v) is 7.94. The van der Waals surface area contributed by atoms with Crippen LogP contribution in [0.4, 0.5) is 0 Å². The van der Waals surface area contributed by atoms with E-state index in [2.05, 4.69) is 127 Å². The van der Waals surface area contributed by atoms with Crippen molar-refractivity contribution in [3.05, 3.63) is 176 Å². The Balaban J connectivity index is 1.17. The Kier molecular flexibility index (Phi) is 6.52. The van der Waals surface area contributed by atoms with Crippen molar-refractivity contribution in [1.82, 2.24) is 15.0 Å². The lowest BCUT2D eigenvalue weighted by molar-refractivity contribution is 0.669. The van der Waals surface area contributed by atoms with Gasteiger partial charge in [-0.3, -0.25) is 0 Å². The van der Waals surface area contributed by atoms with Crippen LogP contribution >= 0.6 is 0 Å². The SMILES string of the molecule is c1ccc(-c2nc(-c3ccc4oc5ccccc5c4c3)nc(-c3c(-c4ccc5ccc6c7ccccc7ccc6c5c4)ccc4ccccc34)n2)cc1. The van der Waals surface area contributed by atoms with E-state index in [1.54, 1.807) is 0 Å². The van der Waals surface area contributed by atoms with Crippen LogP contribution in [-0.2, 0) is 0 Å². The van der Waals surface area contributed by atoms with E-state index in [1.165, 1.54) is 32.3 Å². The van der Waals surface area contributed by atoms with Gasteiger partial charge in [0.15, 0.2) is 17.5 Å². The zero-order valence-electron chi connectivity index (χ0n) is 28.5. The highest BCUT2D eigenvalue weighted by atomic mass is 16.3. The molecule has 4 nitrogen and oxygen atoms in total. The molecule has 2 heterocycles. The van der Waals surface area contributed by atoms with Crippen molar-refractivity contribution in [3.63, 3.8) is 0 Å². The summed E-state index contributed by atoms with van der Waals surface area (Å²) in [7, 11) is 0. The third kappa shape index (κ3) is 4.80. The molecule has 0 aliphatic heterocycles. The molecule has 0 saturated carbocycles. The molecule has 11 rings (SSSR count). The van der Waals surface area contributed by atoms with Crippen LogP contribution in [0, 0.1) is 0 Å². The predicted octanol–water partition coefficient (Wildman–Crippen LogP) is 13.1. The number of nitrogens with zero attached hydrogens (tertiary/aromatic N) is 3. The first-order valence-corrected chi connectivity index (χ1v) is 17.9. The molecule has 0 fully saturated rings. The Morgan fingerprint density at radius 3 is 1.68 bits per heavy atom. The van der Waals surface area contributed by atoms with E-state index in [1.807, 2.05) is 48.5 Å². The highest BCUT2D eigenvalue weighted by Crippen LogP contribution is 2.41. The van der Waals surface area contributed by atoms with Gasteiger partial charge in [-0.05, 0) is 84.5 Å². The van der Waals surface area contributed by atoms with E-state index in [9.17, 15) is 0 Å². The second kappa shape index (κ2) is 11.7. The zero-order valence-corrected chi connectivity index (χ0v) is 28.5. The minimum absolute atomic E-state index is 0.608. The number of fused-ring (bicyclic) bond motifs is 9. The van der Waals surface area contributed by atoms with Gasteiger partial charge in [-0.15, -0.1) is 0 Å². The third-order valence-corrected chi connectivity index (χ3v) is 10.5. The molecular weight excluding hydrogens is 647 g/mol. The summed E-state index contributed by atoms with van der Waals surface area (Å²) in [6, 6.07) is 61.8. The second-order valence-electron chi connectivity index (χ2n) is 13.6. The standard InChI is InChI=1S/C49H29N3O/c1-2-12-33(13-3-1)47-50-48(35-23-27-45-43(29-35)41-16-8-9-17-44(41)53-45)52-49(51-47)46-37-15-7-5-11-31(37)20-24-38(46)34-19-18-32-22-25-39-36-14-6-4-10-30(36)21-26-40(39)42(32)28-34/h1-29H. The normalized spacial score (nSPS) is 11.8. The van der Waals surface area contributed by atoms with Gasteiger partial charge in [0.2, 0.25) is 0 Å². The van der Waals surface area contributed by atoms with Gasteiger partial charge in [0.1, 0.15) is 11.2 Å². The largest absolute Gasteiger partial charge is 0.456 e. The number of hydrogen-bond acceptors (Lipinski definition) is 4. The van der Waals surface area contributed by atoms with E-state index < -0.39 is 0 Å². The smallest absolute Gasteiger partial charge is 0.165 e. The van der Waals surface area contributed by atoms with Gasteiger partial charge < -0.3 is 4.42 Å². The molecule has 0 aliphatic carbocycles. The molecule has 0 aliphatic rings. The van der Waals surface area contributed by atoms with Crippen molar-refractivity contribution in [2.24, 2.45) is 0 Å². The van der Waals surface area contributed by atoms with Gasteiger partial charge >= 0.3 is 0 Å². The molecule has 4 heteroatoms. The van der Waals surface area contributed by atoms with Gasteiger partial charge in [0, 0.05) is 27.5 Å². The summed E-state index contributed by atoms with van der Waals surface area (Å²) in [5.41, 5.74) is 6.67. The minimum Gasteiger partial charge on any atom is -0.456 e. The maximum atomic E-state index is 6.17. The first-order chi connectivity index (χ1) is 26.2. The Hall–Kier alpha value is -7.17. The Morgan fingerprint density at radius 2 is 0.849 bits per heavy atom. The molecule has 0 radical (unpaired) electrons. The van der Waals surface area contributed by atoms with Gasteiger partial charge in [-0.2, -0.15) is 0 Å². The minimum atomic E-state index is 0.608. The van der Waals surface area contributed by atoms with Crippen LogP contribution in [0.25, 0.3) is 110 Å². The predicted molar refractivity (Wildman–Crippen MR) is 219 cm³/mol. The molecule has 2 aromatic heterocycles. The molecule has 0 amide bonds. The molecule has 0 spiro atoms. The van der Waals surface area contributed by atoms with E-state index >= 15 is 0 Å². The monoisotopic (exact) mass is 675 g/mol. The molecule has 53 heavy (non-hydrogen) atoms. The van der Waals surface area contributed by atoms with Crippen molar-refractivity contribution in [2.45, 2.75) is 0 Å². The summed E-state index contributed by atoms with van der Waals surface area (Å²) >= 11 is 0. The number of hydrogen-bond donors (Lipinski definition) is 0. The molecule has 0 N–H and O–H groups in total. The van der Waals surface area contributed by atoms with E-state index in [0.717, 1.165) is 60.5 Å². The first kappa shape index (κ1) is 29.5. The summed E-state index contributed by atoms with van der Waals surface area (Å²) < 4.78 is 6.17. The second-order valence-corrected chi connectivity index (χ2v) is 13.6. The topological polar surface area (TPSA) is 51.8 Å². The summed E-state index contributed by atoms with van der Waals surface area (Å²) in [5.74, 6) is 1.86. The van der Waals surface area contributed by atoms with Crippen LogP contribution in [0.5, 0.6) is 0 Å². The van der Waals surface area contributed by atoms with Crippen LogP contribution < -0.4 is 0 Å². The zero-order chi connectivity index (χ0) is 34.9. The Morgan fingerprint density at radius 1 is 0.302 bits per heavy atom. The van der Waals surface area contributed by atoms with E-state index in [-0.39, 0.29) is 0 Å². The van der Waals surface area contributed by atoms with Gasteiger partial charge in [-0.1, -0.05) is 146 Å². The molecule has 9 aromatic carbocycles. The maximum Gasteiger partial charge on any atom is 0.165 e. The Labute approximate surface area is 304 Å². The van der Waals surface area contributed by atoms with Gasteiger partial charge in [-0.25, -0.2) is 15.0 Å². The van der Waals surface area contributed by atoms with Crippen LogP contribution in [0.1, 0.15) is 0 Å². The lowest BCUT2D eigenvalue weighted by Crippen LogP contribution is -2.01. The van der Waals surface area contributed by atoms with Crippen molar-refractivity contribution in [3.8, 4) is 45.3 Å². The number of furan rings is 1. The van der Waals surface area contributed by atoms with Crippen molar-refractivity contribution >= 4 is 65.0 Å². The average Bonchev–Trinajstić information content (AvgIpc) is 3.61. The molecule has 11 aromatic rings. The van der Waals surface area contributed by atoms with Crippen LogP contribution in [-0.4, -0.2) is 15.0 Å². The van der Waals surface area contributed by atoms with Crippen molar-refractivity contribution in [1.29, 1.82) is 0 Å².